The van der Waals surface area contributed by atoms with Crippen LogP contribution in [0.2, 0.25) is 0 Å². The van der Waals surface area contributed by atoms with Crippen molar-refractivity contribution in [3.8, 4) is 0 Å². The van der Waals surface area contributed by atoms with Crippen molar-refractivity contribution in [3.05, 3.63) is 11.8 Å². The van der Waals surface area contributed by atoms with Crippen LogP contribution in [0.4, 0.5) is 0 Å². The highest BCUT2D eigenvalue weighted by molar-refractivity contribution is 5.85. The van der Waals surface area contributed by atoms with E-state index in [-0.39, 0.29) is 6.42 Å². The molecule has 0 aromatic carbocycles. The molecule has 440 valence electrons. The van der Waals surface area contributed by atoms with Crippen LogP contribution in [0.3, 0.4) is 0 Å². The molecule has 0 saturated carbocycles. The Morgan fingerprint density at radius 2 is 0.632 bits per heavy atom. The van der Waals surface area contributed by atoms with Crippen LogP contribution in [-0.2, 0) is 71.1 Å². The number of rotatable bonds is 11. The molecular weight excluding hydrogens is 1040 g/mol. The van der Waals surface area contributed by atoms with Crippen molar-refractivity contribution in [2.75, 3.05) is 39.6 Å². The zero-order chi connectivity index (χ0) is 55.6. The topological polar surface area (TPSA) is 510 Å². The van der Waals surface area contributed by atoms with Crippen LogP contribution in [0.5, 0.6) is 0 Å². The fraction of sp³-hybridized carbons (Fsp3) is 0.930. The minimum Gasteiger partial charge on any atom is -0.502 e. The molecule has 1 unspecified atom stereocenters. The molecule has 0 radical (unpaired) electrons. The predicted molar refractivity (Wildman–Crippen MR) is 231 cm³/mol. The van der Waals surface area contributed by atoms with E-state index in [9.17, 15) is 96.7 Å². The molecule has 22 aliphatic rings. The first-order chi connectivity index (χ1) is 36.2. The summed E-state index contributed by atoms with van der Waals surface area (Å²) in [6, 6.07) is 0. The Bertz CT molecular complexity index is 1840. The van der Waals surface area contributed by atoms with E-state index in [0.717, 1.165) is 6.08 Å². The van der Waals surface area contributed by atoms with Crippen molar-refractivity contribution in [2.24, 2.45) is 0 Å². The van der Waals surface area contributed by atoms with Gasteiger partial charge in [-0.1, -0.05) is 6.92 Å². The lowest BCUT2D eigenvalue weighted by atomic mass is 9.94. The van der Waals surface area contributed by atoms with Gasteiger partial charge in [0, 0.05) is 6.42 Å². The monoisotopic (exact) mass is 1110 g/mol. The number of aliphatic hydroxyl groups is 18. The Hall–Kier alpha value is -2.19. The van der Waals surface area contributed by atoms with Crippen LogP contribution in [0.25, 0.3) is 0 Å². The number of allylic oxidation sites excluding steroid dienone is 1. The van der Waals surface area contributed by atoms with Crippen LogP contribution in [0.1, 0.15) is 20.3 Å². The standard InChI is InChI=1S/C43H70O33/c1-3-11(50)37(62)70-18(4-2)69-36-29(61)43-68-17(10-49)35(36)76-42-28(60)23(55)33(15(8-47)67-42)74-40-26(58)21(53)31(13(6-45)65-40)72-38-24(56)19(51)30(12(5-44)63-38)71-39-25(57)20(52)32(14(7-46)64-39)73-41-27(59)22(54)34(75-43)16(9-48)66-41/h3,12-36,38-61H,4-10H2,1-2H3/b11-3-/t12-,13-,14-,15-,16-,17-,18?,19-,20-,21-,22-,23-,24-,25-,26-,27-,28-,29-,30-,31-,32-,33-,34-,35+,36-,38-,39-,40-,41-,42-,43-/m1/s1. The Balaban J connectivity index is 1.24. The zero-order valence-corrected chi connectivity index (χ0v) is 40.6. The highest BCUT2D eigenvalue weighted by Gasteiger charge is 2.59. The van der Waals surface area contributed by atoms with Crippen molar-refractivity contribution >= 4 is 5.97 Å². The van der Waals surface area contributed by atoms with Gasteiger partial charge >= 0.3 is 5.97 Å². The van der Waals surface area contributed by atoms with Gasteiger partial charge in [0.2, 0.25) is 6.29 Å². The maximum atomic E-state index is 12.7. The normalized spacial score (nSPS) is 50.2. The first-order valence-corrected chi connectivity index (χ1v) is 24.4. The summed E-state index contributed by atoms with van der Waals surface area (Å²) in [6.45, 7) is -3.51. The van der Waals surface area contributed by atoms with Gasteiger partial charge in [0.1, 0.15) is 146 Å². The van der Waals surface area contributed by atoms with E-state index >= 15 is 0 Å². The molecule has 0 spiro atoms. The van der Waals surface area contributed by atoms with Crippen molar-refractivity contribution in [1.29, 1.82) is 0 Å². The first-order valence-electron chi connectivity index (χ1n) is 24.4. The van der Waals surface area contributed by atoms with E-state index < -0.39 is 242 Å². The van der Waals surface area contributed by atoms with Crippen LogP contribution in [0.15, 0.2) is 11.8 Å². The summed E-state index contributed by atoms with van der Waals surface area (Å²) in [4.78, 5) is 12.7. The van der Waals surface area contributed by atoms with Gasteiger partial charge in [-0.15, -0.1) is 0 Å². The molecule has 33 nitrogen and oxygen atoms in total. The van der Waals surface area contributed by atoms with E-state index in [1.807, 2.05) is 0 Å². The fourth-order valence-electron chi connectivity index (χ4n) is 9.75. The summed E-state index contributed by atoms with van der Waals surface area (Å²) in [6.07, 6.45) is -60.9. The van der Waals surface area contributed by atoms with Gasteiger partial charge < -0.3 is 158 Å². The van der Waals surface area contributed by atoms with Gasteiger partial charge in [0.05, 0.1) is 39.6 Å². The number of aliphatic hydroxyl groups excluding tert-OH is 18. The molecular formula is C43H70O33. The molecule has 0 aromatic heterocycles. The third-order valence-electron chi connectivity index (χ3n) is 14.0. The summed E-state index contributed by atoms with van der Waals surface area (Å²) in [5.74, 6) is -2.16. The Morgan fingerprint density at radius 3 is 0.868 bits per heavy atom. The quantitative estimate of drug-likeness (QED) is 0.0395. The molecule has 22 fully saturated rings. The van der Waals surface area contributed by atoms with Crippen LogP contribution >= 0.6 is 0 Å². The van der Waals surface area contributed by atoms with Gasteiger partial charge in [-0.2, -0.15) is 0 Å². The molecule has 12 bridgehead atoms. The molecule has 0 aliphatic carbocycles. The molecule has 22 rings (SSSR count). The largest absolute Gasteiger partial charge is 0.502 e. The number of carbonyl (C=O) groups excluding carboxylic acids is 1. The van der Waals surface area contributed by atoms with Crippen LogP contribution < -0.4 is 0 Å². The Morgan fingerprint density at radius 1 is 0.395 bits per heavy atom. The van der Waals surface area contributed by atoms with E-state index in [4.69, 9.17) is 66.3 Å². The summed E-state index contributed by atoms with van der Waals surface area (Å²) in [7, 11) is 0. The second-order valence-electron chi connectivity index (χ2n) is 18.9. The minimum atomic E-state index is -2.24. The molecule has 31 atom stereocenters. The van der Waals surface area contributed by atoms with Crippen molar-refractivity contribution < 1.29 is 163 Å². The van der Waals surface area contributed by atoms with E-state index in [2.05, 4.69) is 0 Å². The highest BCUT2D eigenvalue weighted by Crippen LogP contribution is 2.39. The summed E-state index contributed by atoms with van der Waals surface area (Å²) in [5, 5.41) is 199. The third-order valence-corrected chi connectivity index (χ3v) is 14.0. The number of hydrogen-bond donors (Lipinski definition) is 18. The lowest BCUT2D eigenvalue weighted by Crippen LogP contribution is -2.69. The predicted octanol–water partition coefficient (Wildman–Crippen LogP) is -11.3. The van der Waals surface area contributed by atoms with E-state index in [1.165, 1.54) is 13.8 Å². The Labute approximate surface area is 430 Å². The molecule has 22 saturated heterocycles. The molecule has 0 amide bonds. The fourth-order valence-corrected chi connectivity index (χ4v) is 9.75. The number of carbonyl (C=O) groups is 1. The first kappa shape index (κ1) is 61.4. The summed E-state index contributed by atoms with van der Waals surface area (Å²) in [5.41, 5.74) is 0. The summed E-state index contributed by atoms with van der Waals surface area (Å²) < 4.78 is 80.5. The molecule has 0 aromatic rings. The average molecular weight is 1120 g/mol. The Kier molecular flexibility index (Phi) is 21.5. The van der Waals surface area contributed by atoms with E-state index in [0.29, 0.717) is 0 Å². The maximum absolute atomic E-state index is 12.7. The van der Waals surface area contributed by atoms with Crippen molar-refractivity contribution in [3.63, 3.8) is 0 Å². The lowest BCUT2D eigenvalue weighted by molar-refractivity contribution is -0.407. The van der Waals surface area contributed by atoms with Gasteiger partial charge in [0.15, 0.2) is 43.5 Å². The second kappa shape index (κ2) is 26.6. The SMILES string of the molecule is C/C=C(\O)C(=O)OC(CC)O[C@@H]1[C@@H](O)[C@H]2O[C@H]3[C@H](O)[C@@H](O)[C@@H](O[C@H]4[C@H](O)[C@@H](O)[C@@H](O[C@H]5[C@H](O)[C@@H](O)[C@@H](O[C@H]6[C@H](O)[C@@H](O)[C@@H](O[C@H]7[C@H](O)[C@@H](O)[C@@H](O[C@H]1[C@@H](CO)O2)O[C@@H]7CO)O[C@@H]6CO)O[C@@H]5CO)O[C@@H]4CO)O[C@@H]3CO. The molecule has 22 aliphatic heterocycles. The molecule has 33 heteroatoms. The van der Waals surface area contributed by atoms with Gasteiger partial charge in [-0.25, -0.2) is 4.79 Å². The van der Waals surface area contributed by atoms with Crippen molar-refractivity contribution in [1.82, 2.24) is 0 Å². The van der Waals surface area contributed by atoms with Crippen LogP contribution in [-0.4, -0.2) is 328 Å². The second-order valence-corrected chi connectivity index (χ2v) is 18.9. The molecule has 22 heterocycles. The maximum Gasteiger partial charge on any atom is 0.375 e. The minimum absolute atomic E-state index is 0.211. The smallest absolute Gasteiger partial charge is 0.375 e. The number of esters is 1. The van der Waals surface area contributed by atoms with Gasteiger partial charge in [0.25, 0.3) is 0 Å². The molecule has 18 N–H and O–H groups in total. The van der Waals surface area contributed by atoms with Gasteiger partial charge in [-0.05, 0) is 13.0 Å². The van der Waals surface area contributed by atoms with Crippen molar-refractivity contribution in [2.45, 2.75) is 211 Å². The number of ether oxygens (including phenoxy) is 14. The highest BCUT2D eigenvalue weighted by atomic mass is 16.8. The van der Waals surface area contributed by atoms with E-state index in [1.54, 1.807) is 0 Å². The zero-order valence-electron chi connectivity index (χ0n) is 40.6. The molecule has 76 heavy (non-hydrogen) atoms. The van der Waals surface area contributed by atoms with Gasteiger partial charge in [-0.3, -0.25) is 0 Å². The van der Waals surface area contributed by atoms with Crippen LogP contribution in [0, 0.1) is 0 Å². The number of hydrogen-bond acceptors (Lipinski definition) is 33. The lowest BCUT2D eigenvalue weighted by Gasteiger charge is -2.51. The average Bonchev–Trinajstić information content (AvgIpc) is 3.42. The third kappa shape index (κ3) is 12.5. The summed E-state index contributed by atoms with van der Waals surface area (Å²) >= 11 is 0.